The Hall–Kier alpha value is -2.24. The van der Waals surface area contributed by atoms with E-state index < -0.39 is 7.26 Å². The van der Waals surface area contributed by atoms with E-state index in [4.69, 9.17) is 0 Å². The number of aldehydes is 1. The number of carbonyl (C=O) groups excluding carboxylic acids is 1. The summed E-state index contributed by atoms with van der Waals surface area (Å²) in [5.74, 6) is 0. The standard InChI is InChI=1S/C21H21OP/c22-17-10-18-23(19-11-4-1-5-12-19,20-13-6-2-7-14-20)21-15-8-3-9-16-21/h1-9,11-17,23H,10,18H2. The summed E-state index contributed by atoms with van der Waals surface area (Å²) in [4.78, 5) is 11.2. The summed E-state index contributed by atoms with van der Waals surface area (Å²) < 4.78 is 0. The van der Waals surface area contributed by atoms with Crippen molar-refractivity contribution in [3.63, 3.8) is 0 Å². The first-order chi connectivity index (χ1) is 11.4. The van der Waals surface area contributed by atoms with Crippen LogP contribution in [0, 0.1) is 0 Å². The first-order valence-corrected chi connectivity index (χ1v) is 10.2. The van der Waals surface area contributed by atoms with Gasteiger partial charge < -0.3 is 0 Å². The minimum absolute atomic E-state index is 0.588. The molecule has 0 aliphatic heterocycles. The van der Waals surface area contributed by atoms with E-state index >= 15 is 0 Å². The van der Waals surface area contributed by atoms with Gasteiger partial charge in [0.1, 0.15) is 0 Å². The Labute approximate surface area is 138 Å². The van der Waals surface area contributed by atoms with Crippen LogP contribution in [0.3, 0.4) is 0 Å². The summed E-state index contributed by atoms with van der Waals surface area (Å²) >= 11 is 0. The monoisotopic (exact) mass is 320 g/mol. The van der Waals surface area contributed by atoms with Crippen LogP contribution in [-0.2, 0) is 4.79 Å². The minimum atomic E-state index is -2.18. The molecule has 3 aromatic rings. The topological polar surface area (TPSA) is 17.1 Å². The zero-order chi connectivity index (χ0) is 16.0. The second kappa shape index (κ2) is 7.35. The van der Waals surface area contributed by atoms with Gasteiger partial charge in [0.2, 0.25) is 0 Å². The van der Waals surface area contributed by atoms with Crippen molar-refractivity contribution in [1.29, 1.82) is 0 Å². The molecule has 3 rings (SSSR count). The summed E-state index contributed by atoms with van der Waals surface area (Å²) in [6.45, 7) is 0. The van der Waals surface area contributed by atoms with Gasteiger partial charge in [-0.3, -0.25) is 0 Å². The Morgan fingerprint density at radius 2 is 0.957 bits per heavy atom. The van der Waals surface area contributed by atoms with E-state index in [0.717, 1.165) is 12.4 Å². The van der Waals surface area contributed by atoms with Gasteiger partial charge in [0.05, 0.1) is 0 Å². The summed E-state index contributed by atoms with van der Waals surface area (Å²) in [7, 11) is -2.18. The molecule has 0 amide bonds. The molecule has 0 saturated carbocycles. The molecule has 0 aliphatic carbocycles. The predicted molar refractivity (Wildman–Crippen MR) is 102 cm³/mol. The molecule has 23 heavy (non-hydrogen) atoms. The van der Waals surface area contributed by atoms with Gasteiger partial charge in [0, 0.05) is 0 Å². The molecule has 3 aromatic carbocycles. The second-order valence-corrected chi connectivity index (χ2v) is 9.75. The average molecular weight is 320 g/mol. The Morgan fingerprint density at radius 3 is 1.26 bits per heavy atom. The zero-order valence-electron chi connectivity index (χ0n) is 13.1. The van der Waals surface area contributed by atoms with Crippen LogP contribution in [0.5, 0.6) is 0 Å². The fourth-order valence-electron chi connectivity index (χ4n) is 3.38. The molecular weight excluding hydrogens is 299 g/mol. The molecule has 0 fully saturated rings. The van der Waals surface area contributed by atoms with Gasteiger partial charge >= 0.3 is 138 Å². The molecule has 0 N–H and O–H groups in total. The van der Waals surface area contributed by atoms with E-state index in [1.807, 2.05) is 0 Å². The number of benzene rings is 3. The summed E-state index contributed by atoms with van der Waals surface area (Å²) in [5, 5.41) is 4.08. The average Bonchev–Trinajstić information content (AvgIpc) is 2.65. The normalized spacial score (nSPS) is 11.8. The van der Waals surface area contributed by atoms with Crippen LogP contribution in [0.2, 0.25) is 0 Å². The maximum absolute atomic E-state index is 11.2. The van der Waals surface area contributed by atoms with Crippen LogP contribution in [0.4, 0.5) is 0 Å². The molecule has 1 nitrogen and oxygen atoms in total. The van der Waals surface area contributed by atoms with Gasteiger partial charge in [0.25, 0.3) is 0 Å². The van der Waals surface area contributed by atoms with Gasteiger partial charge in [0.15, 0.2) is 0 Å². The third-order valence-corrected chi connectivity index (χ3v) is 9.43. The molecule has 0 aromatic heterocycles. The van der Waals surface area contributed by atoms with E-state index in [9.17, 15) is 4.79 Å². The van der Waals surface area contributed by atoms with Gasteiger partial charge in [-0.2, -0.15) is 0 Å². The summed E-state index contributed by atoms with van der Waals surface area (Å²) in [6, 6.07) is 32.1. The molecule has 0 heterocycles. The fraction of sp³-hybridized carbons (Fsp3) is 0.0952. The van der Waals surface area contributed by atoms with Crippen LogP contribution >= 0.6 is 7.26 Å². The molecule has 0 radical (unpaired) electrons. The van der Waals surface area contributed by atoms with Gasteiger partial charge in [-0.25, -0.2) is 0 Å². The molecule has 0 bridgehead atoms. The van der Waals surface area contributed by atoms with Gasteiger partial charge in [-0.1, -0.05) is 0 Å². The SMILES string of the molecule is O=CCC[PH](c1ccccc1)(c1ccccc1)c1ccccc1. The molecule has 0 spiro atoms. The number of hydrogen-bond acceptors (Lipinski definition) is 1. The third-order valence-electron chi connectivity index (χ3n) is 4.44. The second-order valence-electron chi connectivity index (χ2n) is 5.71. The van der Waals surface area contributed by atoms with E-state index in [1.54, 1.807) is 0 Å². The Bertz CT molecular complexity index is 642. The first kappa shape index (κ1) is 15.6. The number of carbonyl (C=O) groups is 1. The first-order valence-electron chi connectivity index (χ1n) is 7.98. The van der Waals surface area contributed by atoms with E-state index in [0.29, 0.717) is 6.42 Å². The number of rotatable bonds is 6. The quantitative estimate of drug-likeness (QED) is 0.503. The van der Waals surface area contributed by atoms with Crippen molar-refractivity contribution in [2.75, 3.05) is 6.16 Å². The summed E-state index contributed by atoms with van der Waals surface area (Å²) in [6.07, 6.45) is 2.54. The van der Waals surface area contributed by atoms with Crippen LogP contribution in [0.15, 0.2) is 91.0 Å². The molecular formula is C21H21OP. The molecule has 0 aliphatic rings. The molecule has 0 unspecified atom stereocenters. The molecule has 116 valence electrons. The van der Waals surface area contributed by atoms with Crippen molar-refractivity contribution in [1.82, 2.24) is 0 Å². The predicted octanol–water partition coefficient (Wildman–Crippen LogP) is 3.30. The van der Waals surface area contributed by atoms with Crippen molar-refractivity contribution >= 4 is 29.5 Å². The third kappa shape index (κ3) is 3.11. The number of hydrogen-bond donors (Lipinski definition) is 0. The van der Waals surface area contributed by atoms with E-state index in [1.165, 1.54) is 15.9 Å². The Kier molecular flexibility index (Phi) is 5.00. The van der Waals surface area contributed by atoms with Crippen molar-refractivity contribution in [2.24, 2.45) is 0 Å². The van der Waals surface area contributed by atoms with Crippen LogP contribution < -0.4 is 15.9 Å². The van der Waals surface area contributed by atoms with Crippen LogP contribution in [0.25, 0.3) is 0 Å². The molecule has 2 heteroatoms. The summed E-state index contributed by atoms with van der Waals surface area (Å²) in [5.41, 5.74) is 0. The molecule has 0 saturated heterocycles. The Balaban J connectivity index is 2.27. The maximum atomic E-state index is 11.2. The van der Waals surface area contributed by atoms with E-state index in [2.05, 4.69) is 91.0 Å². The van der Waals surface area contributed by atoms with Crippen molar-refractivity contribution in [3.8, 4) is 0 Å². The molecule has 0 atom stereocenters. The van der Waals surface area contributed by atoms with Crippen molar-refractivity contribution < 1.29 is 4.79 Å². The van der Waals surface area contributed by atoms with Crippen molar-refractivity contribution in [2.45, 2.75) is 6.42 Å². The Morgan fingerprint density at radius 1 is 0.609 bits per heavy atom. The van der Waals surface area contributed by atoms with Crippen LogP contribution in [-0.4, -0.2) is 12.4 Å². The van der Waals surface area contributed by atoms with Crippen LogP contribution in [0.1, 0.15) is 6.42 Å². The van der Waals surface area contributed by atoms with Gasteiger partial charge in [-0.15, -0.1) is 0 Å². The zero-order valence-corrected chi connectivity index (χ0v) is 14.1. The van der Waals surface area contributed by atoms with Gasteiger partial charge in [-0.05, 0) is 0 Å². The van der Waals surface area contributed by atoms with Crippen molar-refractivity contribution in [3.05, 3.63) is 91.0 Å². The van der Waals surface area contributed by atoms with E-state index in [-0.39, 0.29) is 0 Å². The fourth-order valence-corrected chi connectivity index (χ4v) is 8.08.